The average molecular weight is 309 g/mol. The Morgan fingerprint density at radius 1 is 1.33 bits per heavy atom. The Hall–Kier alpha value is -0.710. The molecule has 21 heavy (non-hydrogen) atoms. The summed E-state index contributed by atoms with van der Waals surface area (Å²) in [7, 11) is 3.42. The molecule has 0 aliphatic heterocycles. The van der Waals surface area contributed by atoms with Gasteiger partial charge in [-0.25, -0.2) is 0 Å². The molecule has 3 atom stereocenters. The summed E-state index contributed by atoms with van der Waals surface area (Å²) in [6.45, 7) is 2.83. The van der Waals surface area contributed by atoms with Gasteiger partial charge in [0.15, 0.2) is 0 Å². The molecule has 0 radical (unpaired) electrons. The number of methoxy groups -OCH3 is 2. The lowest BCUT2D eigenvalue weighted by Gasteiger charge is -2.25. The Morgan fingerprint density at radius 3 is 2.81 bits per heavy atom. The summed E-state index contributed by atoms with van der Waals surface area (Å²) in [6.07, 6.45) is 6.19. The van der Waals surface area contributed by atoms with Gasteiger partial charge in [-0.1, -0.05) is 12.5 Å². The minimum Gasteiger partial charge on any atom is -0.496 e. The number of rotatable bonds is 7. The van der Waals surface area contributed by atoms with Crippen molar-refractivity contribution in [2.24, 2.45) is 0 Å². The Morgan fingerprint density at radius 2 is 2.14 bits per heavy atom. The maximum Gasteiger partial charge on any atom is 0.124 e. The van der Waals surface area contributed by atoms with Gasteiger partial charge in [0.1, 0.15) is 5.75 Å². The lowest BCUT2D eigenvalue weighted by Crippen LogP contribution is -2.35. The largest absolute Gasteiger partial charge is 0.496 e. The smallest absolute Gasteiger partial charge is 0.124 e. The first kappa shape index (κ1) is 16.7. The number of benzene rings is 1. The van der Waals surface area contributed by atoms with Gasteiger partial charge in [-0.05, 0) is 43.7 Å². The van der Waals surface area contributed by atoms with Crippen molar-refractivity contribution < 1.29 is 9.47 Å². The molecule has 4 heteroatoms. The van der Waals surface area contributed by atoms with Crippen LogP contribution in [0.4, 0.5) is 0 Å². The number of hydrogen-bond donors (Lipinski definition) is 1. The Bertz CT molecular complexity index is 452. The van der Waals surface area contributed by atoms with Crippen LogP contribution < -0.4 is 10.1 Å². The second-order valence-corrected chi connectivity index (χ2v) is 6.78. The van der Waals surface area contributed by atoms with Crippen molar-refractivity contribution in [1.82, 2.24) is 5.32 Å². The molecule has 1 aromatic rings. The van der Waals surface area contributed by atoms with Crippen LogP contribution in [0.3, 0.4) is 0 Å². The standard InChI is InChI=1S/C17H27NO2S/c1-12(18-15-6-5-7-17(15)21-4)13-8-9-16(20-3)14(10-13)11-19-2/h8-10,12,15,17-18H,5-7,11H2,1-4H3. The summed E-state index contributed by atoms with van der Waals surface area (Å²) in [5.41, 5.74) is 2.41. The van der Waals surface area contributed by atoms with Crippen molar-refractivity contribution in [1.29, 1.82) is 0 Å². The second-order valence-electron chi connectivity index (χ2n) is 5.70. The van der Waals surface area contributed by atoms with E-state index in [0.717, 1.165) is 16.6 Å². The summed E-state index contributed by atoms with van der Waals surface area (Å²) in [5, 5.41) is 4.55. The van der Waals surface area contributed by atoms with E-state index in [4.69, 9.17) is 9.47 Å². The SMILES string of the molecule is COCc1cc(C(C)NC2CCCC2SC)ccc1OC. The maximum absolute atomic E-state index is 5.40. The first-order valence-electron chi connectivity index (χ1n) is 7.64. The third-order valence-corrected chi connectivity index (χ3v) is 5.49. The fourth-order valence-corrected chi connectivity index (χ4v) is 4.10. The molecule has 0 aromatic heterocycles. The maximum atomic E-state index is 5.40. The normalized spacial score (nSPS) is 23.2. The fraction of sp³-hybridized carbons (Fsp3) is 0.647. The predicted molar refractivity (Wildman–Crippen MR) is 90.2 cm³/mol. The van der Waals surface area contributed by atoms with Crippen LogP contribution in [-0.2, 0) is 11.3 Å². The molecule has 3 unspecified atom stereocenters. The van der Waals surface area contributed by atoms with E-state index in [1.165, 1.54) is 24.8 Å². The molecule has 0 saturated heterocycles. The lowest BCUT2D eigenvalue weighted by molar-refractivity contribution is 0.181. The highest BCUT2D eigenvalue weighted by atomic mass is 32.2. The van der Waals surface area contributed by atoms with E-state index >= 15 is 0 Å². The van der Waals surface area contributed by atoms with Crippen LogP contribution in [-0.4, -0.2) is 31.8 Å². The van der Waals surface area contributed by atoms with Crippen LogP contribution in [0, 0.1) is 0 Å². The lowest BCUT2D eigenvalue weighted by atomic mass is 10.0. The molecule has 0 amide bonds. The van der Waals surface area contributed by atoms with Gasteiger partial charge < -0.3 is 14.8 Å². The molecular weight excluding hydrogens is 282 g/mol. The monoisotopic (exact) mass is 309 g/mol. The number of nitrogens with one attached hydrogen (secondary N) is 1. The van der Waals surface area contributed by atoms with Gasteiger partial charge in [-0.2, -0.15) is 11.8 Å². The van der Waals surface area contributed by atoms with E-state index in [-0.39, 0.29) is 0 Å². The van der Waals surface area contributed by atoms with E-state index in [9.17, 15) is 0 Å². The van der Waals surface area contributed by atoms with E-state index in [2.05, 4.69) is 30.6 Å². The predicted octanol–water partition coefficient (Wildman–Crippen LogP) is 3.78. The van der Waals surface area contributed by atoms with Gasteiger partial charge >= 0.3 is 0 Å². The zero-order chi connectivity index (χ0) is 15.2. The van der Waals surface area contributed by atoms with Crippen molar-refractivity contribution in [3.63, 3.8) is 0 Å². The summed E-state index contributed by atoms with van der Waals surface area (Å²) in [4.78, 5) is 0. The average Bonchev–Trinajstić information content (AvgIpc) is 2.94. The molecule has 0 spiro atoms. The molecular formula is C17H27NO2S. The molecule has 0 heterocycles. The van der Waals surface area contributed by atoms with E-state index in [0.29, 0.717) is 18.7 Å². The van der Waals surface area contributed by atoms with Gasteiger partial charge in [0, 0.05) is 30.0 Å². The fourth-order valence-electron chi connectivity index (χ4n) is 3.15. The molecule has 1 aliphatic carbocycles. The van der Waals surface area contributed by atoms with Crippen molar-refractivity contribution in [3.05, 3.63) is 29.3 Å². The molecule has 1 aromatic carbocycles. The first-order chi connectivity index (χ1) is 10.2. The van der Waals surface area contributed by atoms with Gasteiger partial charge in [-0.15, -0.1) is 0 Å². The third kappa shape index (κ3) is 4.15. The molecule has 1 N–H and O–H groups in total. The summed E-state index contributed by atoms with van der Waals surface area (Å²) < 4.78 is 10.7. The minimum absolute atomic E-state index is 0.351. The van der Waals surface area contributed by atoms with Crippen molar-refractivity contribution >= 4 is 11.8 Å². The van der Waals surface area contributed by atoms with Gasteiger partial charge in [0.25, 0.3) is 0 Å². The highest BCUT2D eigenvalue weighted by molar-refractivity contribution is 7.99. The zero-order valence-corrected chi connectivity index (χ0v) is 14.3. The quantitative estimate of drug-likeness (QED) is 0.830. The third-order valence-electron chi connectivity index (χ3n) is 4.32. The molecule has 0 bridgehead atoms. The van der Waals surface area contributed by atoms with Gasteiger partial charge in [0.05, 0.1) is 13.7 Å². The molecule has 1 saturated carbocycles. The van der Waals surface area contributed by atoms with Gasteiger partial charge in [-0.3, -0.25) is 0 Å². The molecule has 1 fully saturated rings. The van der Waals surface area contributed by atoms with E-state index in [1.807, 2.05) is 17.8 Å². The molecule has 3 nitrogen and oxygen atoms in total. The summed E-state index contributed by atoms with van der Waals surface area (Å²) in [5.74, 6) is 0.899. The zero-order valence-electron chi connectivity index (χ0n) is 13.5. The highest BCUT2D eigenvalue weighted by Gasteiger charge is 2.27. The molecule has 2 rings (SSSR count). The summed E-state index contributed by atoms with van der Waals surface area (Å²) in [6, 6.07) is 7.37. The summed E-state index contributed by atoms with van der Waals surface area (Å²) >= 11 is 1.99. The van der Waals surface area contributed by atoms with Crippen molar-refractivity contribution in [2.75, 3.05) is 20.5 Å². The van der Waals surface area contributed by atoms with Gasteiger partial charge in [0.2, 0.25) is 0 Å². The molecule has 1 aliphatic rings. The number of ether oxygens (including phenoxy) is 2. The van der Waals surface area contributed by atoms with Crippen molar-refractivity contribution in [3.8, 4) is 5.75 Å². The van der Waals surface area contributed by atoms with Crippen LogP contribution in [0.5, 0.6) is 5.75 Å². The van der Waals surface area contributed by atoms with Crippen LogP contribution in [0.25, 0.3) is 0 Å². The minimum atomic E-state index is 0.351. The number of thioether (sulfide) groups is 1. The molecule has 118 valence electrons. The van der Waals surface area contributed by atoms with Crippen LogP contribution in [0.15, 0.2) is 18.2 Å². The Balaban J connectivity index is 2.08. The number of hydrogen-bond acceptors (Lipinski definition) is 4. The Kier molecular flexibility index (Phi) is 6.40. The van der Waals surface area contributed by atoms with Crippen LogP contribution in [0.1, 0.15) is 43.4 Å². The van der Waals surface area contributed by atoms with Crippen LogP contribution in [0.2, 0.25) is 0 Å². The first-order valence-corrected chi connectivity index (χ1v) is 8.93. The Labute approximate surface area is 132 Å². The van der Waals surface area contributed by atoms with Crippen molar-refractivity contribution in [2.45, 2.75) is 50.1 Å². The topological polar surface area (TPSA) is 30.5 Å². The second kappa shape index (κ2) is 8.06. The highest BCUT2D eigenvalue weighted by Crippen LogP contribution is 2.31. The van der Waals surface area contributed by atoms with Crippen LogP contribution >= 0.6 is 11.8 Å². The van der Waals surface area contributed by atoms with E-state index in [1.54, 1.807) is 14.2 Å². The van der Waals surface area contributed by atoms with E-state index < -0.39 is 0 Å².